The molecular weight excluding hydrogens is 311 g/mol. The van der Waals surface area contributed by atoms with E-state index in [-0.39, 0.29) is 27.2 Å². The van der Waals surface area contributed by atoms with Crippen molar-refractivity contribution >= 4 is 52.2 Å². The minimum absolute atomic E-state index is 0.0938. The van der Waals surface area contributed by atoms with E-state index in [0.717, 1.165) is 0 Å². The molecular formula is C11H7Cl3N4O. The van der Waals surface area contributed by atoms with Crippen LogP contribution in [-0.4, -0.2) is 16.1 Å². The molecule has 0 saturated heterocycles. The number of benzene rings is 1. The Morgan fingerprint density at radius 2 is 1.74 bits per heavy atom. The molecule has 0 radical (unpaired) electrons. The molecule has 0 spiro atoms. The van der Waals surface area contributed by atoms with Crippen LogP contribution in [0.15, 0.2) is 24.3 Å². The van der Waals surface area contributed by atoms with Crippen LogP contribution in [0.3, 0.4) is 0 Å². The van der Waals surface area contributed by atoms with Crippen molar-refractivity contribution in [3.63, 3.8) is 0 Å². The lowest BCUT2D eigenvalue weighted by molar-refractivity contribution is 0.102. The maximum absolute atomic E-state index is 11.9. The first-order chi connectivity index (χ1) is 8.97. The van der Waals surface area contributed by atoms with E-state index in [2.05, 4.69) is 15.5 Å². The first-order valence-electron chi connectivity index (χ1n) is 5.02. The topological polar surface area (TPSA) is 80.9 Å². The van der Waals surface area contributed by atoms with Gasteiger partial charge in [-0.3, -0.25) is 4.79 Å². The second-order valence-electron chi connectivity index (χ2n) is 3.54. The van der Waals surface area contributed by atoms with Gasteiger partial charge in [0.2, 0.25) is 0 Å². The maximum Gasteiger partial charge on any atom is 0.276 e. The molecule has 0 atom stereocenters. The molecule has 0 aliphatic rings. The molecule has 0 fully saturated rings. The third kappa shape index (κ3) is 3.26. The second-order valence-corrected chi connectivity index (χ2v) is 4.79. The van der Waals surface area contributed by atoms with Crippen LogP contribution in [-0.2, 0) is 0 Å². The summed E-state index contributed by atoms with van der Waals surface area (Å²) in [5.74, 6) is -0.280. The van der Waals surface area contributed by atoms with Gasteiger partial charge in [0.1, 0.15) is 5.82 Å². The zero-order valence-corrected chi connectivity index (χ0v) is 11.6. The fourth-order valence-electron chi connectivity index (χ4n) is 1.30. The van der Waals surface area contributed by atoms with Crippen molar-refractivity contribution < 1.29 is 4.79 Å². The van der Waals surface area contributed by atoms with Crippen molar-refractivity contribution in [1.29, 1.82) is 0 Å². The highest BCUT2D eigenvalue weighted by Crippen LogP contribution is 2.33. The number of amides is 1. The van der Waals surface area contributed by atoms with Crippen LogP contribution >= 0.6 is 34.8 Å². The molecule has 0 unspecified atom stereocenters. The molecule has 1 amide bonds. The largest absolute Gasteiger partial charge is 0.382 e. The summed E-state index contributed by atoms with van der Waals surface area (Å²) in [6, 6.07) is 5.85. The van der Waals surface area contributed by atoms with Crippen LogP contribution in [0.25, 0.3) is 0 Å². The predicted molar refractivity (Wildman–Crippen MR) is 75.9 cm³/mol. The van der Waals surface area contributed by atoms with Crippen LogP contribution in [0.1, 0.15) is 10.5 Å². The Labute approximate surface area is 123 Å². The van der Waals surface area contributed by atoms with E-state index >= 15 is 0 Å². The van der Waals surface area contributed by atoms with Crippen molar-refractivity contribution in [3.8, 4) is 0 Å². The molecule has 0 bridgehead atoms. The van der Waals surface area contributed by atoms with Crippen molar-refractivity contribution in [2.24, 2.45) is 0 Å². The molecule has 98 valence electrons. The summed E-state index contributed by atoms with van der Waals surface area (Å²) in [5, 5.41) is 10.6. The summed E-state index contributed by atoms with van der Waals surface area (Å²) in [6.45, 7) is 0. The summed E-state index contributed by atoms with van der Waals surface area (Å²) in [4.78, 5) is 11.9. The van der Waals surface area contributed by atoms with Crippen LogP contribution < -0.4 is 11.1 Å². The standard InChI is InChI=1S/C11H7Cl3N4O/c12-5-3-6(13)10(7(14)4-5)16-11(19)8-1-2-9(15)18-17-8/h1-4H,(H2,15,18)(H,16,19). The Morgan fingerprint density at radius 3 is 2.26 bits per heavy atom. The van der Waals surface area contributed by atoms with E-state index in [9.17, 15) is 4.79 Å². The van der Waals surface area contributed by atoms with Gasteiger partial charge < -0.3 is 11.1 Å². The number of carbonyl (C=O) groups excluding carboxylic acids is 1. The van der Waals surface area contributed by atoms with Crippen LogP contribution in [0.5, 0.6) is 0 Å². The number of carbonyl (C=O) groups is 1. The molecule has 5 nitrogen and oxygen atoms in total. The third-order valence-electron chi connectivity index (χ3n) is 2.16. The van der Waals surface area contributed by atoms with E-state index in [0.29, 0.717) is 5.02 Å². The third-order valence-corrected chi connectivity index (χ3v) is 2.98. The Hall–Kier alpha value is -1.56. The fraction of sp³-hybridized carbons (Fsp3) is 0. The number of anilines is 2. The summed E-state index contributed by atoms with van der Waals surface area (Å²) < 4.78 is 0. The normalized spacial score (nSPS) is 10.3. The Bertz CT molecular complexity index is 607. The Morgan fingerprint density at radius 1 is 1.11 bits per heavy atom. The number of nitrogens with zero attached hydrogens (tertiary/aromatic N) is 2. The minimum atomic E-state index is -0.501. The Balaban J connectivity index is 2.26. The van der Waals surface area contributed by atoms with Crippen molar-refractivity contribution in [1.82, 2.24) is 10.2 Å². The van der Waals surface area contributed by atoms with Gasteiger partial charge >= 0.3 is 0 Å². The first kappa shape index (κ1) is 13.9. The predicted octanol–water partition coefficient (Wildman–Crippen LogP) is 3.27. The SMILES string of the molecule is Nc1ccc(C(=O)Nc2c(Cl)cc(Cl)cc2Cl)nn1. The zero-order valence-electron chi connectivity index (χ0n) is 9.32. The molecule has 0 aliphatic carbocycles. The second kappa shape index (κ2) is 5.61. The van der Waals surface area contributed by atoms with Crippen LogP contribution in [0.2, 0.25) is 15.1 Å². The van der Waals surface area contributed by atoms with Crippen molar-refractivity contribution in [3.05, 3.63) is 45.0 Å². The number of nitrogens with one attached hydrogen (secondary N) is 1. The lowest BCUT2D eigenvalue weighted by atomic mass is 10.3. The number of nitrogens with two attached hydrogens (primary N) is 1. The quantitative estimate of drug-likeness (QED) is 0.890. The van der Waals surface area contributed by atoms with E-state index in [1.807, 2.05) is 0 Å². The minimum Gasteiger partial charge on any atom is -0.382 e. The van der Waals surface area contributed by atoms with Crippen LogP contribution in [0, 0.1) is 0 Å². The van der Waals surface area contributed by atoms with Gasteiger partial charge in [0.25, 0.3) is 5.91 Å². The molecule has 3 N–H and O–H groups in total. The van der Waals surface area contributed by atoms with E-state index in [4.69, 9.17) is 40.5 Å². The van der Waals surface area contributed by atoms with E-state index < -0.39 is 5.91 Å². The maximum atomic E-state index is 11.9. The highest BCUT2D eigenvalue weighted by Gasteiger charge is 2.14. The van der Waals surface area contributed by atoms with Gasteiger partial charge in [-0.1, -0.05) is 34.8 Å². The molecule has 8 heteroatoms. The lowest BCUT2D eigenvalue weighted by Gasteiger charge is -2.09. The Kier molecular flexibility index (Phi) is 4.09. The number of halogens is 3. The molecule has 1 aromatic heterocycles. The van der Waals surface area contributed by atoms with Crippen LogP contribution in [0.4, 0.5) is 11.5 Å². The van der Waals surface area contributed by atoms with Gasteiger partial charge in [-0.15, -0.1) is 10.2 Å². The number of hydrogen-bond donors (Lipinski definition) is 2. The van der Waals surface area contributed by atoms with Crippen molar-refractivity contribution in [2.45, 2.75) is 0 Å². The smallest absolute Gasteiger partial charge is 0.276 e. The molecule has 1 aromatic carbocycles. The van der Waals surface area contributed by atoms with Crippen molar-refractivity contribution in [2.75, 3.05) is 11.1 Å². The van der Waals surface area contributed by atoms with Gasteiger partial charge in [0, 0.05) is 5.02 Å². The van der Waals surface area contributed by atoms with E-state index in [1.165, 1.54) is 24.3 Å². The zero-order chi connectivity index (χ0) is 14.0. The summed E-state index contributed by atoms with van der Waals surface area (Å²) in [5.41, 5.74) is 5.74. The summed E-state index contributed by atoms with van der Waals surface area (Å²) >= 11 is 17.7. The van der Waals surface area contributed by atoms with Gasteiger partial charge in [-0.25, -0.2) is 0 Å². The lowest BCUT2D eigenvalue weighted by Crippen LogP contribution is -2.15. The molecule has 2 aromatic rings. The molecule has 0 aliphatic heterocycles. The molecule has 1 heterocycles. The average molecular weight is 318 g/mol. The van der Waals surface area contributed by atoms with Gasteiger partial charge in [-0.05, 0) is 24.3 Å². The highest BCUT2D eigenvalue weighted by atomic mass is 35.5. The number of rotatable bonds is 2. The average Bonchev–Trinajstić information content (AvgIpc) is 2.34. The highest BCUT2D eigenvalue weighted by molar-refractivity contribution is 6.42. The molecule has 0 saturated carbocycles. The number of hydrogen-bond acceptors (Lipinski definition) is 4. The number of nitrogen functional groups attached to an aromatic ring is 1. The first-order valence-corrected chi connectivity index (χ1v) is 6.16. The van der Waals surface area contributed by atoms with E-state index in [1.54, 1.807) is 0 Å². The van der Waals surface area contributed by atoms with Gasteiger partial charge in [0.05, 0.1) is 15.7 Å². The summed E-state index contributed by atoms with van der Waals surface area (Å²) in [6.07, 6.45) is 0. The monoisotopic (exact) mass is 316 g/mol. The fourth-order valence-corrected chi connectivity index (χ4v) is 2.21. The molecule has 2 rings (SSSR count). The molecule has 19 heavy (non-hydrogen) atoms. The summed E-state index contributed by atoms with van der Waals surface area (Å²) in [7, 11) is 0. The number of aromatic nitrogens is 2. The van der Waals surface area contributed by atoms with Gasteiger partial charge in [-0.2, -0.15) is 0 Å². The van der Waals surface area contributed by atoms with Gasteiger partial charge in [0.15, 0.2) is 5.69 Å².